The van der Waals surface area contributed by atoms with Gasteiger partial charge < -0.3 is 10.3 Å². The van der Waals surface area contributed by atoms with Crippen molar-refractivity contribution in [2.24, 2.45) is 5.73 Å². The molecule has 2 aromatic heterocycles. The van der Waals surface area contributed by atoms with Crippen LogP contribution in [-0.4, -0.2) is 14.8 Å². The Kier molecular flexibility index (Phi) is 5.23. The molecule has 18 heavy (non-hydrogen) atoms. The zero-order valence-electron chi connectivity index (χ0n) is 10.1. The average Bonchev–Trinajstić information content (AvgIpc) is 2.94. The largest absolute Gasteiger partial charge is 0.324 e. The summed E-state index contributed by atoms with van der Waals surface area (Å²) in [7, 11) is 0. The standard InChI is InChI=1S/C11H15BrN4S2/c1-2-3-16-10(5-13)14-15-11(16)18-7-9-4-8(12)6-17-9/h4,6H,2-3,5,7,13H2,1H3. The fourth-order valence-corrected chi connectivity index (χ4v) is 4.08. The zero-order valence-corrected chi connectivity index (χ0v) is 13.3. The number of nitrogens with zero attached hydrogens (tertiary/aromatic N) is 3. The number of nitrogens with two attached hydrogens (primary N) is 1. The molecular weight excluding hydrogens is 332 g/mol. The third-order valence-electron chi connectivity index (χ3n) is 2.39. The Hall–Kier alpha value is -0.370. The number of aromatic nitrogens is 3. The van der Waals surface area contributed by atoms with Gasteiger partial charge in [-0.2, -0.15) is 0 Å². The van der Waals surface area contributed by atoms with E-state index >= 15 is 0 Å². The summed E-state index contributed by atoms with van der Waals surface area (Å²) in [4.78, 5) is 1.33. The second kappa shape index (κ2) is 6.70. The molecule has 0 saturated heterocycles. The molecule has 0 aliphatic rings. The lowest BCUT2D eigenvalue weighted by atomic mass is 10.4. The molecule has 2 rings (SSSR count). The molecule has 0 aromatic carbocycles. The molecule has 0 spiro atoms. The van der Waals surface area contributed by atoms with Crippen molar-refractivity contribution < 1.29 is 0 Å². The molecule has 0 atom stereocenters. The lowest BCUT2D eigenvalue weighted by molar-refractivity contribution is 0.592. The van der Waals surface area contributed by atoms with Crippen molar-refractivity contribution in [1.82, 2.24) is 14.8 Å². The molecule has 0 fully saturated rings. The molecule has 2 aromatic rings. The molecule has 0 aliphatic carbocycles. The van der Waals surface area contributed by atoms with Crippen LogP contribution >= 0.6 is 39.0 Å². The Morgan fingerprint density at radius 2 is 2.33 bits per heavy atom. The highest BCUT2D eigenvalue weighted by atomic mass is 79.9. The van der Waals surface area contributed by atoms with Crippen molar-refractivity contribution in [2.75, 3.05) is 0 Å². The van der Waals surface area contributed by atoms with Gasteiger partial charge in [0.15, 0.2) is 5.16 Å². The van der Waals surface area contributed by atoms with Gasteiger partial charge in [-0.15, -0.1) is 21.5 Å². The van der Waals surface area contributed by atoms with Gasteiger partial charge in [0, 0.05) is 27.0 Å². The number of rotatable bonds is 6. The van der Waals surface area contributed by atoms with Gasteiger partial charge in [-0.1, -0.05) is 18.7 Å². The fraction of sp³-hybridized carbons (Fsp3) is 0.455. The highest BCUT2D eigenvalue weighted by molar-refractivity contribution is 9.10. The molecule has 0 amide bonds. The van der Waals surface area contributed by atoms with Crippen molar-refractivity contribution in [3.8, 4) is 0 Å². The van der Waals surface area contributed by atoms with Gasteiger partial charge in [0.2, 0.25) is 0 Å². The van der Waals surface area contributed by atoms with Crippen LogP contribution in [0.15, 0.2) is 21.1 Å². The summed E-state index contributed by atoms with van der Waals surface area (Å²) >= 11 is 6.93. The Balaban J connectivity index is 2.06. The smallest absolute Gasteiger partial charge is 0.191 e. The summed E-state index contributed by atoms with van der Waals surface area (Å²) < 4.78 is 3.26. The maximum atomic E-state index is 5.67. The number of thioether (sulfide) groups is 1. The van der Waals surface area contributed by atoms with Crippen LogP contribution in [0.2, 0.25) is 0 Å². The van der Waals surface area contributed by atoms with Crippen LogP contribution in [0.5, 0.6) is 0 Å². The summed E-state index contributed by atoms with van der Waals surface area (Å²) in [6.07, 6.45) is 1.06. The second-order valence-corrected chi connectivity index (χ2v) is 6.63. The van der Waals surface area contributed by atoms with Crippen molar-refractivity contribution in [1.29, 1.82) is 0 Å². The van der Waals surface area contributed by atoms with E-state index in [0.717, 1.165) is 34.2 Å². The van der Waals surface area contributed by atoms with Crippen LogP contribution in [-0.2, 0) is 18.8 Å². The van der Waals surface area contributed by atoms with Crippen molar-refractivity contribution in [3.05, 3.63) is 26.6 Å². The van der Waals surface area contributed by atoms with Crippen molar-refractivity contribution in [3.63, 3.8) is 0 Å². The molecule has 0 saturated carbocycles. The van der Waals surface area contributed by atoms with Gasteiger partial charge in [-0.05, 0) is 28.4 Å². The number of halogens is 1. The number of hydrogen-bond donors (Lipinski definition) is 1. The molecule has 2 heterocycles. The van der Waals surface area contributed by atoms with Gasteiger partial charge >= 0.3 is 0 Å². The molecule has 4 nitrogen and oxygen atoms in total. The molecule has 98 valence electrons. The summed E-state index contributed by atoms with van der Waals surface area (Å²) in [6.45, 7) is 3.51. The molecule has 2 N–H and O–H groups in total. The minimum atomic E-state index is 0.443. The van der Waals surface area contributed by atoms with Crippen LogP contribution in [0.25, 0.3) is 0 Å². The summed E-state index contributed by atoms with van der Waals surface area (Å²) in [5.74, 6) is 1.79. The zero-order chi connectivity index (χ0) is 13.0. The van der Waals surface area contributed by atoms with E-state index in [-0.39, 0.29) is 0 Å². The quantitative estimate of drug-likeness (QED) is 0.815. The SMILES string of the molecule is CCCn1c(CN)nnc1SCc1cc(Br)cs1. The highest BCUT2D eigenvalue weighted by Crippen LogP contribution is 2.27. The topological polar surface area (TPSA) is 56.7 Å². The summed E-state index contributed by atoms with van der Waals surface area (Å²) in [6, 6.07) is 2.14. The molecule has 7 heteroatoms. The normalized spacial score (nSPS) is 11.1. The maximum Gasteiger partial charge on any atom is 0.191 e. The van der Waals surface area contributed by atoms with E-state index in [4.69, 9.17) is 5.73 Å². The first-order valence-corrected chi connectivity index (χ1v) is 8.38. The van der Waals surface area contributed by atoms with E-state index in [2.05, 4.69) is 49.1 Å². The third-order valence-corrected chi connectivity index (χ3v) is 5.28. The van der Waals surface area contributed by atoms with Crippen molar-refractivity contribution in [2.45, 2.75) is 37.3 Å². The first-order valence-electron chi connectivity index (χ1n) is 5.72. The predicted octanol–water partition coefficient (Wildman–Crippen LogP) is 3.26. The van der Waals surface area contributed by atoms with Gasteiger partial charge in [-0.25, -0.2) is 0 Å². The van der Waals surface area contributed by atoms with E-state index < -0.39 is 0 Å². The minimum absolute atomic E-state index is 0.443. The van der Waals surface area contributed by atoms with Crippen LogP contribution in [0.1, 0.15) is 24.0 Å². The molecule has 0 aliphatic heterocycles. The monoisotopic (exact) mass is 346 g/mol. The van der Waals surface area contributed by atoms with Crippen molar-refractivity contribution >= 4 is 39.0 Å². The molecule has 0 radical (unpaired) electrons. The lowest BCUT2D eigenvalue weighted by Gasteiger charge is -2.06. The van der Waals surface area contributed by atoms with Crippen LogP contribution in [0.3, 0.4) is 0 Å². The van der Waals surface area contributed by atoms with E-state index in [9.17, 15) is 0 Å². The second-order valence-electron chi connectivity index (χ2n) is 3.77. The van der Waals surface area contributed by atoms with E-state index in [0.29, 0.717) is 6.54 Å². The van der Waals surface area contributed by atoms with Crippen LogP contribution in [0, 0.1) is 0 Å². The highest BCUT2D eigenvalue weighted by Gasteiger charge is 2.11. The van der Waals surface area contributed by atoms with Crippen LogP contribution in [0.4, 0.5) is 0 Å². The number of hydrogen-bond acceptors (Lipinski definition) is 5. The minimum Gasteiger partial charge on any atom is -0.324 e. The predicted molar refractivity (Wildman–Crippen MR) is 79.8 cm³/mol. The molecular formula is C11H15BrN4S2. The third kappa shape index (κ3) is 3.34. The van der Waals surface area contributed by atoms with E-state index in [1.54, 1.807) is 23.1 Å². The first kappa shape index (κ1) is 14.0. The summed E-state index contributed by atoms with van der Waals surface area (Å²) in [5, 5.41) is 11.4. The maximum absolute atomic E-state index is 5.67. The summed E-state index contributed by atoms with van der Waals surface area (Å²) in [5.41, 5.74) is 5.67. The number of thiophene rings is 1. The van der Waals surface area contributed by atoms with Gasteiger partial charge in [0.1, 0.15) is 5.82 Å². The van der Waals surface area contributed by atoms with Gasteiger partial charge in [-0.3, -0.25) is 0 Å². The Labute approximate surface area is 123 Å². The lowest BCUT2D eigenvalue weighted by Crippen LogP contribution is -2.09. The van der Waals surface area contributed by atoms with Gasteiger partial charge in [0.05, 0.1) is 6.54 Å². The molecule has 0 bridgehead atoms. The first-order chi connectivity index (χ1) is 8.74. The Morgan fingerprint density at radius 1 is 1.50 bits per heavy atom. The van der Waals surface area contributed by atoms with Crippen LogP contribution < -0.4 is 5.73 Å². The average molecular weight is 347 g/mol. The van der Waals surface area contributed by atoms with E-state index in [1.807, 2.05) is 0 Å². The Bertz CT molecular complexity index is 509. The molecule has 0 unspecified atom stereocenters. The fourth-order valence-electron chi connectivity index (χ4n) is 1.59. The van der Waals surface area contributed by atoms with Gasteiger partial charge in [0.25, 0.3) is 0 Å². The van der Waals surface area contributed by atoms with E-state index in [1.165, 1.54) is 4.88 Å². The Morgan fingerprint density at radius 3 is 2.94 bits per heavy atom.